The molecule has 1 fully saturated rings. The van der Waals surface area contributed by atoms with Gasteiger partial charge < -0.3 is 11.1 Å². The lowest BCUT2D eigenvalue weighted by Crippen LogP contribution is -2.26. The van der Waals surface area contributed by atoms with Crippen molar-refractivity contribution < 1.29 is 4.79 Å². The zero-order valence-corrected chi connectivity index (χ0v) is 11.1. The van der Waals surface area contributed by atoms with Gasteiger partial charge in [0.2, 0.25) is 0 Å². The molecule has 0 bridgehead atoms. The van der Waals surface area contributed by atoms with E-state index in [-0.39, 0.29) is 5.91 Å². The van der Waals surface area contributed by atoms with Crippen molar-refractivity contribution >= 4 is 33.0 Å². The van der Waals surface area contributed by atoms with Crippen molar-refractivity contribution in [1.29, 1.82) is 0 Å². The first-order valence-corrected chi connectivity index (χ1v) is 7.10. The summed E-state index contributed by atoms with van der Waals surface area (Å²) >= 11 is 1.47. The Labute approximate surface area is 110 Å². The van der Waals surface area contributed by atoms with Crippen LogP contribution in [0, 0.1) is 5.92 Å². The molecule has 3 N–H and O–H groups in total. The highest BCUT2D eigenvalue weighted by Crippen LogP contribution is 2.36. The molecular weight excluding hydrogens is 244 g/mol. The van der Waals surface area contributed by atoms with Crippen molar-refractivity contribution in [3.8, 4) is 0 Å². The van der Waals surface area contributed by atoms with Crippen LogP contribution in [0.25, 0.3) is 10.1 Å². The van der Waals surface area contributed by atoms with Crippen molar-refractivity contribution in [3.63, 3.8) is 0 Å². The summed E-state index contributed by atoms with van der Waals surface area (Å²) in [6, 6.07) is 8.23. The van der Waals surface area contributed by atoms with Gasteiger partial charge in [0.15, 0.2) is 0 Å². The quantitative estimate of drug-likeness (QED) is 0.891. The molecule has 94 valence electrons. The Balaban J connectivity index is 1.85. The highest BCUT2D eigenvalue weighted by atomic mass is 32.1. The van der Waals surface area contributed by atoms with E-state index >= 15 is 0 Å². The topological polar surface area (TPSA) is 55.1 Å². The molecule has 1 aromatic carbocycles. The van der Waals surface area contributed by atoms with E-state index < -0.39 is 0 Å². The summed E-state index contributed by atoms with van der Waals surface area (Å²) in [5, 5.41) is 4.05. The standard InChI is InChI=1S/C14H16N2OS/c1-2-8-7-10(8)16-14(17)13-12(15)9-5-3-4-6-11(9)18-13/h3-6,8,10H,2,7,15H2,1H3,(H,16,17). The maximum absolute atomic E-state index is 12.2. The number of hydrogen-bond acceptors (Lipinski definition) is 3. The van der Waals surface area contributed by atoms with Crippen molar-refractivity contribution in [2.45, 2.75) is 25.8 Å². The largest absolute Gasteiger partial charge is 0.397 e. The van der Waals surface area contributed by atoms with Crippen LogP contribution < -0.4 is 11.1 Å². The van der Waals surface area contributed by atoms with E-state index in [2.05, 4.69) is 12.2 Å². The second-order valence-corrected chi connectivity index (χ2v) is 5.88. The molecule has 2 atom stereocenters. The smallest absolute Gasteiger partial charge is 0.263 e. The van der Waals surface area contributed by atoms with Gasteiger partial charge in [-0.05, 0) is 18.4 Å². The summed E-state index contributed by atoms with van der Waals surface area (Å²) in [6.07, 6.45) is 2.24. The van der Waals surface area contributed by atoms with Crippen LogP contribution >= 0.6 is 11.3 Å². The van der Waals surface area contributed by atoms with Crippen LogP contribution in [-0.2, 0) is 0 Å². The fraction of sp³-hybridized carbons (Fsp3) is 0.357. The fourth-order valence-electron chi connectivity index (χ4n) is 2.34. The predicted octanol–water partition coefficient (Wildman–Crippen LogP) is 3.01. The van der Waals surface area contributed by atoms with E-state index in [4.69, 9.17) is 5.73 Å². The number of nitrogens with two attached hydrogens (primary N) is 1. The lowest BCUT2D eigenvalue weighted by atomic mass is 10.2. The van der Waals surface area contributed by atoms with Crippen molar-refractivity contribution in [2.24, 2.45) is 5.92 Å². The Kier molecular flexibility index (Phi) is 2.74. The van der Waals surface area contributed by atoms with Gasteiger partial charge in [-0.15, -0.1) is 11.3 Å². The normalized spacial score (nSPS) is 22.1. The van der Waals surface area contributed by atoms with E-state index in [1.165, 1.54) is 11.3 Å². The number of nitrogens with one attached hydrogen (secondary N) is 1. The monoisotopic (exact) mass is 260 g/mol. The lowest BCUT2D eigenvalue weighted by molar-refractivity contribution is 0.0954. The van der Waals surface area contributed by atoms with Gasteiger partial charge in [-0.1, -0.05) is 31.5 Å². The van der Waals surface area contributed by atoms with Crippen LogP contribution in [-0.4, -0.2) is 11.9 Å². The average Bonchev–Trinajstić information content (AvgIpc) is 3.05. The Morgan fingerprint density at radius 2 is 2.28 bits per heavy atom. The number of rotatable bonds is 3. The third kappa shape index (κ3) is 1.86. The molecule has 1 aliphatic carbocycles. The number of carbonyl (C=O) groups is 1. The van der Waals surface area contributed by atoms with E-state index in [0.717, 1.165) is 22.9 Å². The van der Waals surface area contributed by atoms with Crippen molar-refractivity contribution in [3.05, 3.63) is 29.1 Å². The fourth-order valence-corrected chi connectivity index (χ4v) is 3.37. The summed E-state index contributed by atoms with van der Waals surface area (Å²) in [5.74, 6) is 0.638. The highest BCUT2D eigenvalue weighted by Gasteiger charge is 2.37. The van der Waals surface area contributed by atoms with Crippen LogP contribution in [0.1, 0.15) is 29.4 Å². The summed E-state index contributed by atoms with van der Waals surface area (Å²) in [7, 11) is 0. The minimum absolute atomic E-state index is 0.0188. The second-order valence-electron chi connectivity index (χ2n) is 4.83. The summed E-state index contributed by atoms with van der Waals surface area (Å²) < 4.78 is 1.07. The molecule has 1 aliphatic rings. The molecule has 2 aromatic rings. The molecule has 3 rings (SSSR count). The van der Waals surface area contributed by atoms with E-state index in [1.54, 1.807) is 0 Å². The number of nitrogen functional groups attached to an aromatic ring is 1. The lowest BCUT2D eigenvalue weighted by Gasteiger charge is -2.02. The Morgan fingerprint density at radius 3 is 2.94 bits per heavy atom. The molecule has 3 nitrogen and oxygen atoms in total. The SMILES string of the molecule is CCC1CC1NC(=O)c1sc2ccccc2c1N. The molecule has 0 saturated heterocycles. The molecule has 1 heterocycles. The number of anilines is 1. The molecule has 1 saturated carbocycles. The first-order valence-electron chi connectivity index (χ1n) is 6.28. The van der Waals surface area contributed by atoms with Crippen LogP contribution in [0.4, 0.5) is 5.69 Å². The van der Waals surface area contributed by atoms with Crippen LogP contribution in [0.3, 0.4) is 0 Å². The maximum Gasteiger partial charge on any atom is 0.263 e. The van der Waals surface area contributed by atoms with Gasteiger partial charge >= 0.3 is 0 Å². The number of amides is 1. The zero-order chi connectivity index (χ0) is 12.7. The number of fused-ring (bicyclic) bond motifs is 1. The zero-order valence-electron chi connectivity index (χ0n) is 10.3. The minimum Gasteiger partial charge on any atom is -0.397 e. The van der Waals surface area contributed by atoms with E-state index in [9.17, 15) is 4.79 Å². The molecule has 2 unspecified atom stereocenters. The predicted molar refractivity (Wildman–Crippen MR) is 75.9 cm³/mol. The van der Waals surface area contributed by atoms with E-state index in [0.29, 0.717) is 22.5 Å². The maximum atomic E-state index is 12.2. The number of thiophene rings is 1. The highest BCUT2D eigenvalue weighted by molar-refractivity contribution is 7.21. The number of hydrogen-bond donors (Lipinski definition) is 2. The molecule has 0 aliphatic heterocycles. The third-order valence-corrected chi connectivity index (χ3v) is 4.79. The van der Waals surface area contributed by atoms with Gasteiger partial charge in [0.1, 0.15) is 4.88 Å². The molecule has 0 spiro atoms. The second kappa shape index (κ2) is 4.28. The first-order chi connectivity index (χ1) is 8.70. The van der Waals surface area contributed by atoms with Gasteiger partial charge in [-0.2, -0.15) is 0 Å². The average molecular weight is 260 g/mol. The Bertz CT molecular complexity index is 605. The number of carbonyl (C=O) groups excluding carboxylic acids is 1. The molecular formula is C14H16N2OS. The van der Waals surface area contributed by atoms with Gasteiger partial charge in [-0.3, -0.25) is 4.79 Å². The summed E-state index contributed by atoms with van der Waals surface area (Å²) in [6.45, 7) is 2.16. The molecule has 4 heteroatoms. The minimum atomic E-state index is -0.0188. The number of benzene rings is 1. The molecule has 18 heavy (non-hydrogen) atoms. The Hall–Kier alpha value is -1.55. The summed E-state index contributed by atoms with van der Waals surface area (Å²) in [5.41, 5.74) is 6.67. The third-order valence-electron chi connectivity index (χ3n) is 3.60. The Morgan fingerprint density at radius 1 is 1.50 bits per heavy atom. The van der Waals surface area contributed by atoms with E-state index in [1.807, 2.05) is 24.3 Å². The van der Waals surface area contributed by atoms with Crippen LogP contribution in [0.5, 0.6) is 0 Å². The van der Waals surface area contributed by atoms with Crippen LogP contribution in [0.2, 0.25) is 0 Å². The molecule has 0 radical (unpaired) electrons. The van der Waals surface area contributed by atoms with Crippen molar-refractivity contribution in [2.75, 3.05) is 5.73 Å². The van der Waals surface area contributed by atoms with Gasteiger partial charge in [0, 0.05) is 16.1 Å². The van der Waals surface area contributed by atoms with Crippen molar-refractivity contribution in [1.82, 2.24) is 5.32 Å². The van der Waals surface area contributed by atoms with Gasteiger partial charge in [0.25, 0.3) is 5.91 Å². The van der Waals surface area contributed by atoms with Crippen LogP contribution in [0.15, 0.2) is 24.3 Å². The van der Waals surface area contributed by atoms with Gasteiger partial charge in [-0.25, -0.2) is 0 Å². The summed E-state index contributed by atoms with van der Waals surface area (Å²) in [4.78, 5) is 12.8. The van der Waals surface area contributed by atoms with Gasteiger partial charge in [0.05, 0.1) is 5.69 Å². The first kappa shape index (κ1) is 11.5. The molecule has 1 aromatic heterocycles. The molecule has 1 amide bonds.